The third-order valence-electron chi connectivity index (χ3n) is 1.71. The van der Waals surface area contributed by atoms with Gasteiger partial charge in [0.1, 0.15) is 5.54 Å². The zero-order valence-corrected chi connectivity index (χ0v) is 6.11. The Hall–Kier alpha value is -1.12. The van der Waals surface area contributed by atoms with E-state index in [2.05, 4.69) is 4.99 Å². The van der Waals surface area contributed by atoms with Crippen molar-refractivity contribution in [3.63, 3.8) is 0 Å². The van der Waals surface area contributed by atoms with Gasteiger partial charge in [0, 0.05) is 25.7 Å². The van der Waals surface area contributed by atoms with Gasteiger partial charge in [0.15, 0.2) is 6.29 Å². The maximum atomic E-state index is 10.5. The Morgan fingerprint density at radius 3 is 2.80 bits per heavy atom. The molecule has 1 unspecified atom stereocenters. The van der Waals surface area contributed by atoms with Crippen LogP contribution >= 0.6 is 0 Å². The topological polar surface area (TPSA) is 32.7 Å². The van der Waals surface area contributed by atoms with E-state index in [1.807, 2.05) is 18.9 Å². The highest BCUT2D eigenvalue weighted by molar-refractivity contribution is 5.92. The highest BCUT2D eigenvalue weighted by atomic mass is 16.1. The fourth-order valence-electron chi connectivity index (χ4n) is 0.698. The van der Waals surface area contributed by atoms with E-state index in [-0.39, 0.29) is 0 Å². The highest BCUT2D eigenvalue weighted by Gasteiger charge is 2.25. The molecule has 0 fully saturated rings. The van der Waals surface area contributed by atoms with Crippen molar-refractivity contribution in [1.29, 1.82) is 0 Å². The number of aldehydes is 1. The second kappa shape index (κ2) is 2.25. The quantitative estimate of drug-likeness (QED) is 0.492. The van der Waals surface area contributed by atoms with Crippen molar-refractivity contribution in [3.05, 3.63) is 12.4 Å². The second-order valence-electron chi connectivity index (χ2n) is 2.53. The van der Waals surface area contributed by atoms with E-state index in [1.165, 1.54) is 0 Å². The van der Waals surface area contributed by atoms with Crippen molar-refractivity contribution in [1.82, 2.24) is 4.90 Å². The number of nitrogens with zero attached hydrogens (tertiary/aromatic N) is 2. The van der Waals surface area contributed by atoms with E-state index in [4.69, 9.17) is 0 Å². The molecule has 0 saturated carbocycles. The molecule has 0 amide bonds. The SMILES string of the molecule is CN1C=CN=CC1(C)C=O. The molecular weight excluding hydrogens is 128 g/mol. The molecule has 0 aliphatic carbocycles. The summed E-state index contributed by atoms with van der Waals surface area (Å²) < 4.78 is 0. The molecule has 0 aromatic heterocycles. The molecule has 1 atom stereocenters. The van der Waals surface area contributed by atoms with Crippen LogP contribution in [0.4, 0.5) is 0 Å². The number of likely N-dealkylation sites (N-methyl/N-ethyl adjacent to an activating group) is 1. The van der Waals surface area contributed by atoms with Gasteiger partial charge in [0.2, 0.25) is 0 Å². The van der Waals surface area contributed by atoms with Crippen molar-refractivity contribution >= 4 is 12.5 Å². The van der Waals surface area contributed by atoms with Crippen LogP contribution in [0.15, 0.2) is 17.4 Å². The van der Waals surface area contributed by atoms with Gasteiger partial charge in [0.25, 0.3) is 0 Å². The first-order valence-electron chi connectivity index (χ1n) is 3.09. The number of aliphatic imine (C=N–C) groups is 1. The van der Waals surface area contributed by atoms with Crippen molar-refractivity contribution in [2.24, 2.45) is 4.99 Å². The van der Waals surface area contributed by atoms with E-state index in [9.17, 15) is 4.79 Å². The minimum atomic E-state index is -0.547. The first-order chi connectivity index (χ1) is 4.69. The average Bonchev–Trinajstić information content (AvgIpc) is 1.96. The van der Waals surface area contributed by atoms with Gasteiger partial charge in [-0.3, -0.25) is 4.99 Å². The summed E-state index contributed by atoms with van der Waals surface area (Å²) in [5.74, 6) is 0. The highest BCUT2D eigenvalue weighted by Crippen LogP contribution is 2.10. The molecule has 1 aliphatic rings. The van der Waals surface area contributed by atoms with Crippen LogP contribution in [-0.4, -0.2) is 30.0 Å². The normalized spacial score (nSPS) is 30.8. The fraction of sp³-hybridized carbons (Fsp3) is 0.429. The van der Waals surface area contributed by atoms with Gasteiger partial charge in [-0.15, -0.1) is 0 Å². The predicted octanol–water partition coefficient (Wildman–Crippen LogP) is 0.431. The summed E-state index contributed by atoms with van der Waals surface area (Å²) in [6, 6.07) is 0. The smallest absolute Gasteiger partial charge is 0.150 e. The lowest BCUT2D eigenvalue weighted by molar-refractivity contribution is -0.112. The monoisotopic (exact) mass is 138 g/mol. The molecule has 1 heterocycles. The van der Waals surface area contributed by atoms with Crippen molar-refractivity contribution in [2.45, 2.75) is 12.5 Å². The summed E-state index contributed by atoms with van der Waals surface area (Å²) in [6.45, 7) is 1.81. The van der Waals surface area contributed by atoms with Gasteiger partial charge < -0.3 is 9.69 Å². The van der Waals surface area contributed by atoms with Crippen LogP contribution in [0.3, 0.4) is 0 Å². The molecule has 54 valence electrons. The Balaban J connectivity index is 2.87. The van der Waals surface area contributed by atoms with Crippen molar-refractivity contribution in [2.75, 3.05) is 7.05 Å². The Morgan fingerprint density at radius 1 is 1.70 bits per heavy atom. The number of hydrogen-bond acceptors (Lipinski definition) is 3. The maximum absolute atomic E-state index is 10.5. The van der Waals surface area contributed by atoms with Crippen LogP contribution in [0, 0.1) is 0 Å². The Kier molecular flexibility index (Phi) is 1.57. The number of carbonyl (C=O) groups excluding carboxylic acids is 1. The lowest BCUT2D eigenvalue weighted by Gasteiger charge is -2.30. The van der Waals surface area contributed by atoms with E-state index in [0.717, 1.165) is 6.29 Å². The van der Waals surface area contributed by atoms with E-state index in [1.54, 1.807) is 18.6 Å². The molecule has 0 aromatic rings. The summed E-state index contributed by atoms with van der Waals surface area (Å²) >= 11 is 0. The van der Waals surface area contributed by atoms with Gasteiger partial charge in [0.05, 0.1) is 0 Å². The third-order valence-corrected chi connectivity index (χ3v) is 1.71. The molecule has 0 spiro atoms. The lowest BCUT2D eigenvalue weighted by atomic mass is 10.1. The van der Waals surface area contributed by atoms with E-state index >= 15 is 0 Å². The molecule has 0 radical (unpaired) electrons. The van der Waals surface area contributed by atoms with E-state index < -0.39 is 5.54 Å². The molecule has 0 saturated heterocycles. The second-order valence-corrected chi connectivity index (χ2v) is 2.53. The molecule has 10 heavy (non-hydrogen) atoms. The zero-order valence-electron chi connectivity index (χ0n) is 6.11. The predicted molar refractivity (Wildman–Crippen MR) is 39.9 cm³/mol. The summed E-state index contributed by atoms with van der Waals surface area (Å²) in [5, 5.41) is 0. The number of hydrogen-bond donors (Lipinski definition) is 0. The standard InChI is InChI=1S/C7H10N2O/c1-7(6-10)5-8-3-4-9(7)2/h3-6H,1-2H3. The van der Waals surface area contributed by atoms with Crippen LogP contribution < -0.4 is 0 Å². The van der Waals surface area contributed by atoms with Crippen LogP contribution in [0.5, 0.6) is 0 Å². The molecule has 0 bridgehead atoms. The molecule has 0 N–H and O–H groups in total. The molecule has 0 aromatic carbocycles. The van der Waals surface area contributed by atoms with E-state index in [0.29, 0.717) is 0 Å². The molecule has 1 aliphatic heterocycles. The summed E-state index contributed by atoms with van der Waals surface area (Å²) in [6.07, 6.45) is 5.93. The summed E-state index contributed by atoms with van der Waals surface area (Å²) in [4.78, 5) is 16.2. The number of rotatable bonds is 1. The largest absolute Gasteiger partial charge is 0.363 e. The lowest BCUT2D eigenvalue weighted by Crippen LogP contribution is -2.44. The van der Waals surface area contributed by atoms with Gasteiger partial charge >= 0.3 is 0 Å². The molecule has 3 heteroatoms. The van der Waals surface area contributed by atoms with Gasteiger partial charge in [-0.1, -0.05) is 0 Å². The van der Waals surface area contributed by atoms with Crippen LogP contribution in [0.25, 0.3) is 0 Å². The maximum Gasteiger partial charge on any atom is 0.150 e. The zero-order chi connectivity index (χ0) is 7.61. The van der Waals surface area contributed by atoms with Gasteiger partial charge in [-0.25, -0.2) is 0 Å². The van der Waals surface area contributed by atoms with Crippen molar-refractivity contribution in [3.8, 4) is 0 Å². The van der Waals surface area contributed by atoms with Gasteiger partial charge in [-0.05, 0) is 6.92 Å². The molecule has 3 nitrogen and oxygen atoms in total. The van der Waals surface area contributed by atoms with Crippen molar-refractivity contribution < 1.29 is 4.79 Å². The first kappa shape index (κ1) is 6.99. The van der Waals surface area contributed by atoms with Crippen LogP contribution in [0.2, 0.25) is 0 Å². The van der Waals surface area contributed by atoms with Crippen LogP contribution in [-0.2, 0) is 4.79 Å². The minimum absolute atomic E-state index is 0.547. The Labute approximate surface area is 60.1 Å². The minimum Gasteiger partial charge on any atom is -0.363 e. The van der Waals surface area contributed by atoms with Crippen LogP contribution in [0.1, 0.15) is 6.92 Å². The fourth-order valence-corrected chi connectivity index (χ4v) is 0.698. The summed E-state index contributed by atoms with van der Waals surface area (Å²) in [7, 11) is 1.84. The molecular formula is C7H10N2O. The average molecular weight is 138 g/mol. The Bertz CT molecular complexity index is 198. The third kappa shape index (κ3) is 0.943. The summed E-state index contributed by atoms with van der Waals surface area (Å²) in [5.41, 5.74) is -0.547. The van der Waals surface area contributed by atoms with Gasteiger partial charge in [-0.2, -0.15) is 0 Å². The molecule has 1 rings (SSSR count). The number of carbonyl (C=O) groups is 1. The first-order valence-corrected chi connectivity index (χ1v) is 3.09. The Morgan fingerprint density at radius 2 is 2.40 bits per heavy atom.